The average molecular weight is 483 g/mol. The highest BCUT2D eigenvalue weighted by molar-refractivity contribution is 14.1. The Balaban J connectivity index is 1.76. The molecule has 0 spiro atoms. The first-order chi connectivity index (χ1) is 12.5. The molecule has 0 aliphatic heterocycles. The minimum absolute atomic E-state index is 0.0413. The van der Waals surface area contributed by atoms with Gasteiger partial charge in [0, 0.05) is 12.0 Å². The number of rotatable bonds is 5. The molecule has 0 saturated heterocycles. The number of nitrogens with one attached hydrogen (secondary N) is 3. The van der Waals surface area contributed by atoms with E-state index in [9.17, 15) is 9.59 Å². The van der Waals surface area contributed by atoms with Crippen LogP contribution < -0.4 is 20.9 Å². The number of ether oxygens (including phenoxy) is 1. The summed E-state index contributed by atoms with van der Waals surface area (Å²) in [4.78, 5) is 24.0. The van der Waals surface area contributed by atoms with Crippen molar-refractivity contribution in [1.82, 2.24) is 16.2 Å². The number of halogens is 1. The second kappa shape index (κ2) is 10.1. The standard InChI is InChI=1S/C18H18IN3O3S/c1-25-15-9-8-13(11-14(15)19)17(24)21-22-18(26)20-16(23)10-7-12-5-3-2-4-6-12/h2-6,8-9,11H,7,10H2,1H3,(H,21,24)(H2,20,22,23,26). The van der Waals surface area contributed by atoms with Crippen molar-refractivity contribution in [2.75, 3.05) is 7.11 Å². The van der Waals surface area contributed by atoms with Gasteiger partial charge >= 0.3 is 0 Å². The van der Waals surface area contributed by atoms with Crippen molar-refractivity contribution in [2.45, 2.75) is 12.8 Å². The van der Waals surface area contributed by atoms with E-state index < -0.39 is 0 Å². The fraction of sp³-hybridized carbons (Fsp3) is 0.167. The smallest absolute Gasteiger partial charge is 0.269 e. The summed E-state index contributed by atoms with van der Waals surface area (Å²) in [5.74, 6) is 0.0994. The summed E-state index contributed by atoms with van der Waals surface area (Å²) >= 11 is 7.10. The summed E-state index contributed by atoms with van der Waals surface area (Å²) < 4.78 is 5.97. The molecule has 0 atom stereocenters. The van der Waals surface area contributed by atoms with Gasteiger partial charge in [0.25, 0.3) is 5.91 Å². The van der Waals surface area contributed by atoms with Crippen molar-refractivity contribution >= 4 is 51.7 Å². The molecule has 3 N–H and O–H groups in total. The molecule has 0 heterocycles. The molecule has 0 radical (unpaired) electrons. The van der Waals surface area contributed by atoms with Gasteiger partial charge in [-0.05, 0) is 65.0 Å². The molecule has 2 aromatic rings. The second-order valence-corrected chi connectivity index (χ2v) is 6.86. The molecule has 2 aromatic carbocycles. The zero-order valence-corrected chi connectivity index (χ0v) is 17.0. The number of benzene rings is 2. The summed E-state index contributed by atoms with van der Waals surface area (Å²) in [6.45, 7) is 0. The maximum atomic E-state index is 12.1. The van der Waals surface area contributed by atoms with Crippen LogP contribution in [0.3, 0.4) is 0 Å². The van der Waals surface area contributed by atoms with Crippen molar-refractivity contribution < 1.29 is 14.3 Å². The number of hydrazine groups is 1. The molecule has 0 unspecified atom stereocenters. The molecular formula is C18H18IN3O3S. The summed E-state index contributed by atoms with van der Waals surface area (Å²) in [5.41, 5.74) is 6.50. The summed E-state index contributed by atoms with van der Waals surface area (Å²) in [6.07, 6.45) is 0.919. The van der Waals surface area contributed by atoms with Crippen LogP contribution in [0.4, 0.5) is 0 Å². The fourth-order valence-corrected chi connectivity index (χ4v) is 3.02. The van der Waals surface area contributed by atoms with Crippen molar-refractivity contribution in [1.29, 1.82) is 0 Å². The highest BCUT2D eigenvalue weighted by Gasteiger charge is 2.10. The van der Waals surface area contributed by atoms with E-state index in [2.05, 4.69) is 38.8 Å². The highest BCUT2D eigenvalue weighted by atomic mass is 127. The summed E-state index contributed by atoms with van der Waals surface area (Å²) in [6, 6.07) is 14.7. The number of methoxy groups -OCH3 is 1. The fourth-order valence-electron chi connectivity index (χ4n) is 2.12. The zero-order chi connectivity index (χ0) is 18.9. The van der Waals surface area contributed by atoms with Gasteiger partial charge in [0.2, 0.25) is 5.91 Å². The van der Waals surface area contributed by atoms with Gasteiger partial charge in [0.1, 0.15) is 5.75 Å². The topological polar surface area (TPSA) is 79.5 Å². The number of thiocarbonyl (C=S) groups is 1. The van der Waals surface area contributed by atoms with Crippen molar-refractivity contribution in [3.05, 3.63) is 63.2 Å². The molecule has 0 aliphatic rings. The van der Waals surface area contributed by atoms with Gasteiger partial charge in [-0.2, -0.15) is 0 Å². The Morgan fingerprint density at radius 2 is 1.85 bits per heavy atom. The first kappa shape index (κ1) is 20.1. The lowest BCUT2D eigenvalue weighted by molar-refractivity contribution is -0.119. The Labute approximate surface area is 170 Å². The second-order valence-electron chi connectivity index (χ2n) is 5.29. The minimum atomic E-state index is -0.369. The number of carbonyl (C=O) groups is 2. The van der Waals surface area contributed by atoms with Crippen LogP contribution in [0.1, 0.15) is 22.3 Å². The normalized spacial score (nSPS) is 9.92. The van der Waals surface area contributed by atoms with E-state index in [0.29, 0.717) is 24.2 Å². The third-order valence-corrected chi connectivity index (χ3v) is 4.49. The van der Waals surface area contributed by atoms with Gasteiger partial charge in [-0.1, -0.05) is 30.3 Å². The molecule has 26 heavy (non-hydrogen) atoms. The number of carbonyl (C=O) groups excluding carboxylic acids is 2. The molecule has 6 nitrogen and oxygen atoms in total. The van der Waals surface area contributed by atoms with Crippen LogP contribution in [0.25, 0.3) is 0 Å². The zero-order valence-electron chi connectivity index (χ0n) is 14.0. The lowest BCUT2D eigenvalue weighted by Gasteiger charge is -2.11. The lowest BCUT2D eigenvalue weighted by atomic mass is 10.1. The Bertz CT molecular complexity index is 800. The first-order valence-electron chi connectivity index (χ1n) is 7.77. The maximum absolute atomic E-state index is 12.1. The number of aryl methyl sites for hydroxylation is 1. The molecular weight excluding hydrogens is 465 g/mol. The predicted octanol–water partition coefficient (Wildman–Crippen LogP) is 2.57. The van der Waals surface area contributed by atoms with E-state index >= 15 is 0 Å². The van der Waals surface area contributed by atoms with Crippen LogP contribution in [0, 0.1) is 3.57 Å². The lowest BCUT2D eigenvalue weighted by Crippen LogP contribution is -2.48. The highest BCUT2D eigenvalue weighted by Crippen LogP contribution is 2.21. The quantitative estimate of drug-likeness (QED) is 0.346. The molecule has 8 heteroatoms. The largest absolute Gasteiger partial charge is 0.496 e. The van der Waals surface area contributed by atoms with Crippen LogP contribution in [0.5, 0.6) is 5.75 Å². The van der Waals surface area contributed by atoms with Crippen LogP contribution in [-0.2, 0) is 11.2 Å². The SMILES string of the molecule is COc1ccc(C(=O)NNC(=S)NC(=O)CCc2ccccc2)cc1I. The van der Waals surface area contributed by atoms with Crippen molar-refractivity contribution in [3.63, 3.8) is 0 Å². The molecule has 0 aliphatic carbocycles. The van der Waals surface area contributed by atoms with Gasteiger partial charge in [-0.15, -0.1) is 0 Å². The van der Waals surface area contributed by atoms with Gasteiger partial charge in [0.05, 0.1) is 10.7 Å². The van der Waals surface area contributed by atoms with Crippen LogP contribution >= 0.6 is 34.8 Å². The Hall–Kier alpha value is -2.20. The average Bonchev–Trinajstić information content (AvgIpc) is 2.65. The monoisotopic (exact) mass is 483 g/mol. The van der Waals surface area contributed by atoms with Crippen molar-refractivity contribution in [3.8, 4) is 5.75 Å². The molecule has 136 valence electrons. The molecule has 0 bridgehead atoms. The number of hydrogen-bond donors (Lipinski definition) is 3. The van der Waals surface area contributed by atoms with E-state index in [-0.39, 0.29) is 16.9 Å². The Morgan fingerprint density at radius 3 is 2.50 bits per heavy atom. The summed E-state index contributed by atoms with van der Waals surface area (Å²) in [7, 11) is 1.57. The van der Waals surface area contributed by atoms with Gasteiger partial charge in [0.15, 0.2) is 5.11 Å². The molecule has 0 fully saturated rings. The minimum Gasteiger partial charge on any atom is -0.496 e. The van der Waals surface area contributed by atoms with E-state index in [1.807, 2.05) is 30.3 Å². The van der Waals surface area contributed by atoms with Gasteiger partial charge in [-0.25, -0.2) is 0 Å². The number of hydrogen-bond acceptors (Lipinski definition) is 4. The van der Waals surface area contributed by atoms with Crippen LogP contribution in [-0.4, -0.2) is 24.0 Å². The molecule has 2 rings (SSSR count). The Kier molecular flexibility index (Phi) is 7.79. The maximum Gasteiger partial charge on any atom is 0.269 e. The first-order valence-corrected chi connectivity index (χ1v) is 9.26. The molecule has 2 amide bonds. The van der Waals surface area contributed by atoms with E-state index in [1.165, 1.54) is 0 Å². The van der Waals surface area contributed by atoms with Crippen LogP contribution in [0.2, 0.25) is 0 Å². The van der Waals surface area contributed by atoms with Crippen molar-refractivity contribution in [2.24, 2.45) is 0 Å². The third-order valence-electron chi connectivity index (χ3n) is 3.44. The van der Waals surface area contributed by atoms with Gasteiger partial charge in [-0.3, -0.25) is 20.4 Å². The van der Waals surface area contributed by atoms with E-state index in [1.54, 1.807) is 25.3 Å². The summed E-state index contributed by atoms with van der Waals surface area (Å²) in [5, 5.41) is 2.57. The Morgan fingerprint density at radius 1 is 1.12 bits per heavy atom. The molecule has 0 aromatic heterocycles. The molecule has 0 saturated carbocycles. The van der Waals surface area contributed by atoms with E-state index in [0.717, 1.165) is 9.13 Å². The van der Waals surface area contributed by atoms with Crippen LogP contribution in [0.15, 0.2) is 48.5 Å². The predicted molar refractivity (Wildman–Crippen MR) is 112 cm³/mol. The third kappa shape index (κ3) is 6.26. The number of amides is 2. The van der Waals surface area contributed by atoms with E-state index in [4.69, 9.17) is 17.0 Å². The van der Waals surface area contributed by atoms with Gasteiger partial charge < -0.3 is 10.1 Å².